The number of carbonyl (C=O) groups excluding carboxylic acids is 2. The van der Waals surface area contributed by atoms with Crippen molar-refractivity contribution in [2.75, 3.05) is 0 Å². The number of aliphatic carboxylic acids is 1. The Hall–Kier alpha value is -4.53. The highest BCUT2D eigenvalue weighted by Crippen LogP contribution is 2.12. The first-order chi connectivity index (χ1) is 16.5. The summed E-state index contributed by atoms with van der Waals surface area (Å²) in [6.45, 7) is 0. The van der Waals surface area contributed by atoms with Gasteiger partial charge in [-0.2, -0.15) is 15.4 Å². The van der Waals surface area contributed by atoms with Gasteiger partial charge in [0, 0.05) is 18.4 Å². The summed E-state index contributed by atoms with van der Waals surface area (Å²) in [4.78, 5) is 38.0. The number of carboxylic acid groups (broad SMARTS) is 1. The molecule has 9 nitrogen and oxygen atoms in total. The molecule has 1 aromatic heterocycles. The minimum Gasteiger partial charge on any atom is -0.480 e. The second-order valence-corrected chi connectivity index (χ2v) is 7.83. The number of rotatable bonds is 9. The first-order valence-electron chi connectivity index (χ1n) is 10.7. The lowest BCUT2D eigenvalue weighted by atomic mass is 10.0. The van der Waals surface area contributed by atoms with Crippen LogP contribution in [0.2, 0.25) is 0 Å². The molecule has 0 fully saturated rings. The predicted octanol–water partition coefficient (Wildman–Crippen LogP) is 2.11. The SMILES string of the molecule is O=C(N[C@@H](Cc1ccccc1)C(=O)N[C@@H](Cc1ccccc1)C(=O)O)c1ccc2n[nH]nc2c1. The van der Waals surface area contributed by atoms with E-state index in [1.54, 1.807) is 42.5 Å². The summed E-state index contributed by atoms with van der Waals surface area (Å²) in [5.74, 6) is -2.21. The van der Waals surface area contributed by atoms with E-state index in [9.17, 15) is 19.5 Å². The molecule has 0 unspecified atom stereocenters. The summed E-state index contributed by atoms with van der Waals surface area (Å²) >= 11 is 0. The van der Waals surface area contributed by atoms with Crippen molar-refractivity contribution in [2.24, 2.45) is 0 Å². The largest absolute Gasteiger partial charge is 0.480 e. The maximum Gasteiger partial charge on any atom is 0.326 e. The number of carboxylic acids is 1. The smallest absolute Gasteiger partial charge is 0.326 e. The van der Waals surface area contributed by atoms with E-state index in [0.29, 0.717) is 16.6 Å². The normalized spacial score (nSPS) is 12.6. The van der Waals surface area contributed by atoms with Crippen molar-refractivity contribution >= 4 is 28.8 Å². The molecule has 4 aromatic rings. The number of fused-ring (bicyclic) bond motifs is 1. The number of aromatic nitrogens is 3. The van der Waals surface area contributed by atoms with Crippen LogP contribution in [0, 0.1) is 0 Å². The Morgan fingerprint density at radius 2 is 1.35 bits per heavy atom. The van der Waals surface area contributed by atoms with Gasteiger partial charge < -0.3 is 15.7 Å². The summed E-state index contributed by atoms with van der Waals surface area (Å²) in [6.07, 6.45) is 0.318. The van der Waals surface area contributed by atoms with Gasteiger partial charge in [-0.05, 0) is 29.3 Å². The molecule has 2 amide bonds. The third-order valence-electron chi connectivity index (χ3n) is 5.38. The summed E-state index contributed by atoms with van der Waals surface area (Å²) in [5, 5.41) is 25.4. The molecule has 0 bridgehead atoms. The molecule has 0 radical (unpaired) electrons. The zero-order valence-corrected chi connectivity index (χ0v) is 18.1. The molecule has 4 N–H and O–H groups in total. The Balaban J connectivity index is 1.53. The van der Waals surface area contributed by atoms with Gasteiger partial charge in [-0.25, -0.2) is 4.79 Å². The number of hydrogen-bond donors (Lipinski definition) is 4. The minimum atomic E-state index is -1.15. The van der Waals surface area contributed by atoms with Crippen LogP contribution < -0.4 is 10.6 Å². The van der Waals surface area contributed by atoms with Crippen LogP contribution in [-0.4, -0.2) is 50.4 Å². The Bertz CT molecular complexity index is 1290. The fraction of sp³-hybridized carbons (Fsp3) is 0.160. The highest BCUT2D eigenvalue weighted by atomic mass is 16.4. The van der Waals surface area contributed by atoms with E-state index in [2.05, 4.69) is 26.0 Å². The molecule has 172 valence electrons. The molecule has 34 heavy (non-hydrogen) atoms. The number of nitrogens with one attached hydrogen (secondary N) is 3. The molecule has 2 atom stereocenters. The molecule has 0 spiro atoms. The third kappa shape index (κ3) is 5.63. The number of hydrogen-bond acceptors (Lipinski definition) is 5. The van der Waals surface area contributed by atoms with E-state index in [-0.39, 0.29) is 12.8 Å². The lowest BCUT2D eigenvalue weighted by Crippen LogP contribution is -2.53. The Kier molecular flexibility index (Phi) is 6.92. The fourth-order valence-corrected chi connectivity index (χ4v) is 3.60. The van der Waals surface area contributed by atoms with E-state index >= 15 is 0 Å². The topological polar surface area (TPSA) is 137 Å². The second kappa shape index (κ2) is 10.4. The van der Waals surface area contributed by atoms with E-state index < -0.39 is 29.9 Å². The van der Waals surface area contributed by atoms with Gasteiger partial charge in [0.25, 0.3) is 5.91 Å². The van der Waals surface area contributed by atoms with Gasteiger partial charge >= 0.3 is 5.97 Å². The van der Waals surface area contributed by atoms with Gasteiger partial charge in [0.1, 0.15) is 23.1 Å². The van der Waals surface area contributed by atoms with Gasteiger partial charge in [0.05, 0.1) is 0 Å². The van der Waals surface area contributed by atoms with Crippen molar-refractivity contribution in [2.45, 2.75) is 24.9 Å². The summed E-state index contributed by atoms with van der Waals surface area (Å²) in [5.41, 5.74) is 3.04. The van der Waals surface area contributed by atoms with E-state index in [1.807, 2.05) is 36.4 Å². The number of H-pyrrole nitrogens is 1. The molecule has 0 saturated heterocycles. The van der Waals surface area contributed by atoms with Crippen LogP contribution in [0.15, 0.2) is 78.9 Å². The number of amides is 2. The van der Waals surface area contributed by atoms with Crippen LogP contribution in [0.3, 0.4) is 0 Å². The second-order valence-electron chi connectivity index (χ2n) is 7.83. The molecule has 0 saturated carbocycles. The van der Waals surface area contributed by atoms with Crippen molar-refractivity contribution in [1.82, 2.24) is 26.0 Å². The van der Waals surface area contributed by atoms with Gasteiger partial charge in [0.2, 0.25) is 5.91 Å². The number of nitrogens with zero attached hydrogens (tertiary/aromatic N) is 2. The summed E-state index contributed by atoms with van der Waals surface area (Å²) in [7, 11) is 0. The summed E-state index contributed by atoms with van der Waals surface area (Å²) < 4.78 is 0. The zero-order valence-electron chi connectivity index (χ0n) is 18.1. The molecule has 1 heterocycles. The first kappa shape index (κ1) is 22.7. The molecular formula is C25H23N5O4. The van der Waals surface area contributed by atoms with Crippen molar-refractivity contribution in [3.05, 3.63) is 95.6 Å². The maximum atomic E-state index is 13.2. The average Bonchev–Trinajstić information content (AvgIpc) is 3.32. The van der Waals surface area contributed by atoms with Crippen molar-refractivity contribution < 1.29 is 19.5 Å². The highest BCUT2D eigenvalue weighted by molar-refractivity contribution is 6.00. The predicted molar refractivity (Wildman–Crippen MR) is 125 cm³/mol. The van der Waals surface area contributed by atoms with Crippen molar-refractivity contribution in [3.8, 4) is 0 Å². The van der Waals surface area contributed by atoms with Crippen LogP contribution in [0.25, 0.3) is 11.0 Å². The van der Waals surface area contributed by atoms with Gasteiger partial charge in [0.15, 0.2) is 0 Å². The van der Waals surface area contributed by atoms with Crippen molar-refractivity contribution in [1.29, 1.82) is 0 Å². The lowest BCUT2D eigenvalue weighted by molar-refractivity contribution is -0.142. The lowest BCUT2D eigenvalue weighted by Gasteiger charge is -2.22. The summed E-state index contributed by atoms with van der Waals surface area (Å²) in [6, 6.07) is 20.9. The van der Waals surface area contributed by atoms with Crippen LogP contribution in [-0.2, 0) is 22.4 Å². The Morgan fingerprint density at radius 3 is 1.97 bits per heavy atom. The monoisotopic (exact) mass is 457 g/mol. The molecular weight excluding hydrogens is 434 g/mol. The number of benzene rings is 3. The van der Waals surface area contributed by atoms with Gasteiger partial charge in [-0.1, -0.05) is 60.7 Å². The zero-order chi connectivity index (χ0) is 23.9. The fourth-order valence-electron chi connectivity index (χ4n) is 3.60. The molecule has 0 aliphatic carbocycles. The van der Waals surface area contributed by atoms with Gasteiger partial charge in [-0.15, -0.1) is 0 Å². The molecule has 0 aliphatic heterocycles. The molecule has 0 aliphatic rings. The number of carbonyl (C=O) groups is 3. The average molecular weight is 457 g/mol. The quantitative estimate of drug-likeness (QED) is 0.304. The van der Waals surface area contributed by atoms with Crippen LogP contribution >= 0.6 is 0 Å². The van der Waals surface area contributed by atoms with Crippen LogP contribution in [0.5, 0.6) is 0 Å². The minimum absolute atomic E-state index is 0.122. The molecule has 3 aromatic carbocycles. The highest BCUT2D eigenvalue weighted by Gasteiger charge is 2.27. The first-order valence-corrected chi connectivity index (χ1v) is 10.7. The number of aromatic amines is 1. The third-order valence-corrected chi connectivity index (χ3v) is 5.38. The van der Waals surface area contributed by atoms with E-state index in [0.717, 1.165) is 11.1 Å². The molecule has 9 heteroatoms. The Labute approximate surface area is 195 Å². The van der Waals surface area contributed by atoms with Crippen LogP contribution in [0.1, 0.15) is 21.5 Å². The van der Waals surface area contributed by atoms with Crippen molar-refractivity contribution in [3.63, 3.8) is 0 Å². The van der Waals surface area contributed by atoms with Crippen LogP contribution in [0.4, 0.5) is 0 Å². The Morgan fingerprint density at radius 1 is 0.765 bits per heavy atom. The van der Waals surface area contributed by atoms with E-state index in [1.165, 1.54) is 0 Å². The maximum absolute atomic E-state index is 13.2. The van der Waals surface area contributed by atoms with E-state index in [4.69, 9.17) is 0 Å². The standard InChI is InChI=1S/C25H23N5O4/c31-23(18-11-12-19-20(15-18)29-30-28-19)26-21(13-16-7-3-1-4-8-16)24(32)27-22(25(33)34)14-17-9-5-2-6-10-17/h1-12,15,21-22H,13-14H2,(H,26,31)(H,27,32)(H,33,34)(H,28,29,30)/t21-,22-/m0/s1. The van der Waals surface area contributed by atoms with Gasteiger partial charge in [-0.3, -0.25) is 9.59 Å². The molecule has 4 rings (SSSR count).